The van der Waals surface area contributed by atoms with Crippen LogP contribution >= 0.6 is 11.3 Å². The maximum Gasteiger partial charge on any atom is 0.231 e. The summed E-state index contributed by atoms with van der Waals surface area (Å²) in [5, 5.41) is 0.856. The van der Waals surface area contributed by atoms with Gasteiger partial charge in [0.15, 0.2) is 11.5 Å². The Balaban J connectivity index is 1.57. The second-order valence-corrected chi connectivity index (χ2v) is 6.01. The van der Waals surface area contributed by atoms with Crippen LogP contribution < -0.4 is 9.47 Å². The topological polar surface area (TPSA) is 43.7 Å². The predicted octanol–water partition coefficient (Wildman–Crippen LogP) is 3.50. The van der Waals surface area contributed by atoms with Crippen LogP contribution in [0.5, 0.6) is 11.5 Å². The van der Waals surface area contributed by atoms with Gasteiger partial charge < -0.3 is 9.47 Å². The minimum Gasteiger partial charge on any atom is -0.454 e. The number of aliphatic imine (C=N–C) groups is 1. The molecule has 1 aliphatic heterocycles. The predicted molar refractivity (Wildman–Crippen MR) is 78.6 cm³/mol. The van der Waals surface area contributed by atoms with Gasteiger partial charge in [0.05, 0.1) is 5.69 Å². The van der Waals surface area contributed by atoms with Crippen molar-refractivity contribution in [3.8, 4) is 11.5 Å². The third-order valence-corrected chi connectivity index (χ3v) is 4.62. The zero-order chi connectivity index (χ0) is 13.4. The molecule has 4 nitrogen and oxygen atoms in total. The Bertz CT molecular complexity index is 655. The molecule has 0 unspecified atom stereocenters. The molecule has 0 spiro atoms. The highest BCUT2D eigenvalue weighted by atomic mass is 32.1. The van der Waals surface area contributed by atoms with Crippen molar-refractivity contribution in [2.75, 3.05) is 6.79 Å². The molecule has 2 aliphatic rings. The van der Waals surface area contributed by atoms with Gasteiger partial charge in [0.2, 0.25) is 11.9 Å². The van der Waals surface area contributed by atoms with Crippen LogP contribution in [0.2, 0.25) is 0 Å². The van der Waals surface area contributed by atoms with Gasteiger partial charge in [-0.15, -0.1) is 0 Å². The summed E-state index contributed by atoms with van der Waals surface area (Å²) in [7, 11) is 0. The first kappa shape index (κ1) is 11.9. The van der Waals surface area contributed by atoms with Crippen molar-refractivity contribution in [1.29, 1.82) is 0 Å². The molecule has 2 aromatic rings. The number of aryl methyl sites for hydroxylation is 2. The number of thiazole rings is 1. The van der Waals surface area contributed by atoms with E-state index in [-0.39, 0.29) is 0 Å². The Morgan fingerprint density at radius 1 is 1.15 bits per heavy atom. The number of nitrogens with zero attached hydrogens (tertiary/aromatic N) is 2. The molecular formula is C15H14N2O2S. The Labute approximate surface area is 121 Å². The first-order chi connectivity index (χ1) is 9.88. The third-order valence-electron chi connectivity index (χ3n) is 3.56. The van der Waals surface area contributed by atoms with E-state index in [0.29, 0.717) is 6.79 Å². The Hall–Kier alpha value is -1.88. The first-order valence-corrected chi connectivity index (χ1v) is 7.62. The highest BCUT2D eigenvalue weighted by Gasteiger charge is 2.15. The van der Waals surface area contributed by atoms with E-state index in [1.54, 1.807) is 11.3 Å². The average Bonchev–Trinajstić information content (AvgIpc) is 3.10. The molecule has 0 saturated heterocycles. The van der Waals surface area contributed by atoms with Gasteiger partial charge in [0, 0.05) is 11.1 Å². The molecule has 1 aliphatic carbocycles. The zero-order valence-electron chi connectivity index (χ0n) is 11.0. The van der Waals surface area contributed by atoms with Gasteiger partial charge >= 0.3 is 0 Å². The van der Waals surface area contributed by atoms with Gasteiger partial charge in [-0.05, 0) is 49.4 Å². The van der Waals surface area contributed by atoms with Crippen LogP contribution in [0, 0.1) is 0 Å². The molecule has 2 heterocycles. The summed E-state index contributed by atoms with van der Waals surface area (Å²) in [6.07, 6.45) is 6.63. The molecule has 0 atom stereocenters. The molecule has 20 heavy (non-hydrogen) atoms. The highest BCUT2D eigenvalue weighted by Crippen LogP contribution is 2.33. The van der Waals surface area contributed by atoms with Crippen LogP contribution in [0.4, 0.5) is 5.13 Å². The number of hydrogen-bond donors (Lipinski definition) is 0. The summed E-state index contributed by atoms with van der Waals surface area (Å²) < 4.78 is 10.7. The smallest absolute Gasteiger partial charge is 0.231 e. The van der Waals surface area contributed by atoms with E-state index in [1.165, 1.54) is 23.4 Å². The molecule has 102 valence electrons. The lowest BCUT2D eigenvalue weighted by Crippen LogP contribution is -1.98. The second kappa shape index (κ2) is 4.90. The fourth-order valence-electron chi connectivity index (χ4n) is 2.52. The van der Waals surface area contributed by atoms with E-state index in [9.17, 15) is 0 Å². The van der Waals surface area contributed by atoms with Crippen molar-refractivity contribution in [2.24, 2.45) is 4.99 Å². The summed E-state index contributed by atoms with van der Waals surface area (Å²) in [5.41, 5.74) is 2.25. The fraction of sp³-hybridized carbons (Fsp3) is 0.333. The van der Waals surface area contributed by atoms with E-state index >= 15 is 0 Å². The number of hydrogen-bond acceptors (Lipinski definition) is 5. The number of ether oxygens (including phenoxy) is 2. The van der Waals surface area contributed by atoms with Crippen LogP contribution in [0.3, 0.4) is 0 Å². The van der Waals surface area contributed by atoms with Crippen LogP contribution in [0.25, 0.3) is 0 Å². The van der Waals surface area contributed by atoms with Gasteiger partial charge in [0.25, 0.3) is 0 Å². The first-order valence-electron chi connectivity index (χ1n) is 6.81. The molecule has 0 saturated carbocycles. The van der Waals surface area contributed by atoms with Crippen molar-refractivity contribution in [1.82, 2.24) is 4.98 Å². The largest absolute Gasteiger partial charge is 0.454 e. The molecule has 5 heteroatoms. The van der Waals surface area contributed by atoms with Crippen LogP contribution in [0.15, 0.2) is 23.2 Å². The summed E-state index contributed by atoms with van der Waals surface area (Å²) in [5.74, 6) is 1.58. The molecule has 0 N–H and O–H groups in total. The maximum atomic E-state index is 5.36. The number of aromatic nitrogens is 1. The summed E-state index contributed by atoms with van der Waals surface area (Å²) >= 11 is 1.72. The highest BCUT2D eigenvalue weighted by molar-refractivity contribution is 7.15. The molecule has 0 amide bonds. The lowest BCUT2D eigenvalue weighted by atomic mass is 10.0. The summed E-state index contributed by atoms with van der Waals surface area (Å²) in [6.45, 7) is 0.301. The number of fused-ring (bicyclic) bond motifs is 2. The quantitative estimate of drug-likeness (QED) is 0.794. The van der Waals surface area contributed by atoms with Crippen molar-refractivity contribution in [3.05, 3.63) is 34.3 Å². The molecule has 0 radical (unpaired) electrons. The average molecular weight is 286 g/mol. The van der Waals surface area contributed by atoms with Gasteiger partial charge in [-0.2, -0.15) is 0 Å². The Morgan fingerprint density at radius 2 is 2.05 bits per heavy atom. The van der Waals surface area contributed by atoms with Gasteiger partial charge in [0.1, 0.15) is 0 Å². The maximum absolute atomic E-state index is 5.36. The number of rotatable bonds is 2. The molecule has 1 aromatic heterocycles. The van der Waals surface area contributed by atoms with E-state index in [1.807, 2.05) is 24.4 Å². The summed E-state index contributed by atoms with van der Waals surface area (Å²) in [6, 6.07) is 5.83. The van der Waals surface area contributed by atoms with Crippen molar-refractivity contribution in [2.45, 2.75) is 25.7 Å². The van der Waals surface area contributed by atoms with Crippen LogP contribution in [-0.4, -0.2) is 18.0 Å². The van der Waals surface area contributed by atoms with Crippen molar-refractivity contribution < 1.29 is 9.47 Å². The van der Waals surface area contributed by atoms with Gasteiger partial charge in [-0.1, -0.05) is 11.3 Å². The SMILES string of the molecule is C(=N\c1nc2c(s1)CCCC2)/c1ccc2c(c1)OCO2. The van der Waals surface area contributed by atoms with Crippen LogP contribution in [-0.2, 0) is 12.8 Å². The summed E-state index contributed by atoms with van der Waals surface area (Å²) in [4.78, 5) is 10.5. The third kappa shape index (κ3) is 2.18. The van der Waals surface area contributed by atoms with Crippen LogP contribution in [0.1, 0.15) is 29.0 Å². The monoisotopic (exact) mass is 286 g/mol. The standard InChI is InChI=1S/C15H14N2O2S/c1-2-4-14-11(3-1)17-15(20-14)16-8-10-5-6-12-13(7-10)19-9-18-12/h5-8H,1-4,9H2/b16-8+. The molecule has 1 aromatic carbocycles. The number of benzene rings is 1. The van der Waals surface area contributed by atoms with E-state index in [0.717, 1.165) is 35.0 Å². The minimum atomic E-state index is 0.301. The van der Waals surface area contributed by atoms with Crippen molar-refractivity contribution >= 4 is 22.7 Å². The van der Waals surface area contributed by atoms with E-state index in [4.69, 9.17) is 9.47 Å². The minimum absolute atomic E-state index is 0.301. The Morgan fingerprint density at radius 3 is 3.00 bits per heavy atom. The molecule has 0 bridgehead atoms. The van der Waals surface area contributed by atoms with E-state index in [2.05, 4.69) is 9.98 Å². The second-order valence-electron chi connectivity index (χ2n) is 4.94. The Kier molecular flexibility index (Phi) is 2.92. The van der Waals surface area contributed by atoms with Gasteiger partial charge in [-0.3, -0.25) is 0 Å². The molecule has 4 rings (SSSR count). The van der Waals surface area contributed by atoms with Crippen molar-refractivity contribution in [3.63, 3.8) is 0 Å². The molecule has 0 fully saturated rings. The molecular weight excluding hydrogens is 272 g/mol. The zero-order valence-corrected chi connectivity index (χ0v) is 11.8. The van der Waals surface area contributed by atoms with Gasteiger partial charge in [-0.25, -0.2) is 9.98 Å². The lowest BCUT2D eigenvalue weighted by Gasteiger charge is -2.06. The lowest BCUT2D eigenvalue weighted by molar-refractivity contribution is 0.174. The normalized spacial score (nSPS) is 16.6. The fourth-order valence-corrected chi connectivity index (χ4v) is 3.51. The van der Waals surface area contributed by atoms with E-state index < -0.39 is 0 Å².